The van der Waals surface area contributed by atoms with Gasteiger partial charge in [-0.2, -0.15) is 0 Å². The van der Waals surface area contributed by atoms with Gasteiger partial charge in [0, 0.05) is 12.5 Å². The third-order valence-corrected chi connectivity index (χ3v) is 10.6. The molecule has 0 spiro atoms. The number of Topliss-reactive ketones (excluding diaryl/α,β-unsaturated/α-hetero) is 1. The molecule has 3 fully saturated rings. The molecule has 6 atom stereocenters. The molecule has 38 heavy (non-hydrogen) atoms. The van der Waals surface area contributed by atoms with Crippen LogP contribution in [-0.4, -0.2) is 40.8 Å². The number of phenolic OH excluding ortho intramolecular Hbond substituents is 2. The van der Waals surface area contributed by atoms with Gasteiger partial charge in [-0.15, -0.1) is 0 Å². The topological polar surface area (TPSA) is 108 Å². The van der Waals surface area contributed by atoms with Crippen LogP contribution in [0.1, 0.15) is 77.7 Å². The van der Waals surface area contributed by atoms with E-state index in [9.17, 15) is 19.8 Å². The minimum absolute atomic E-state index is 0.132. The Hall–Kier alpha value is -2.83. The zero-order valence-electron chi connectivity index (χ0n) is 23.0. The molecule has 0 radical (unpaired) electrons. The van der Waals surface area contributed by atoms with E-state index in [0.717, 1.165) is 37.0 Å². The van der Waals surface area contributed by atoms with Crippen LogP contribution in [0.5, 0.6) is 11.5 Å². The summed E-state index contributed by atoms with van der Waals surface area (Å²) in [5, 5.41) is 26.1. The van der Waals surface area contributed by atoms with E-state index in [0.29, 0.717) is 36.5 Å². The summed E-state index contributed by atoms with van der Waals surface area (Å²) < 4.78 is 0. The number of fused-ring (bicyclic) bond motifs is 5. The highest BCUT2D eigenvalue weighted by Gasteiger charge is 2.59. The number of carbonyl (C=O) groups is 2. The summed E-state index contributed by atoms with van der Waals surface area (Å²) in [7, 11) is 0. The molecule has 1 amide bonds. The molecular weight excluding hydrogens is 480 g/mol. The smallest absolute Gasteiger partial charge is 0.260 e. The highest BCUT2D eigenvalue weighted by atomic mass is 16.6. The van der Waals surface area contributed by atoms with Gasteiger partial charge in [0.1, 0.15) is 5.78 Å². The van der Waals surface area contributed by atoms with Gasteiger partial charge in [-0.25, -0.2) is 0 Å². The zero-order valence-corrected chi connectivity index (χ0v) is 23.0. The second kappa shape index (κ2) is 10.4. The Kier molecular flexibility index (Phi) is 7.31. The summed E-state index contributed by atoms with van der Waals surface area (Å²) in [6.07, 6.45) is 11.6. The Morgan fingerprint density at radius 3 is 2.63 bits per heavy atom. The first-order chi connectivity index (χ1) is 18.1. The van der Waals surface area contributed by atoms with E-state index in [1.807, 2.05) is 0 Å². The van der Waals surface area contributed by atoms with Crippen molar-refractivity contribution in [2.45, 2.75) is 78.6 Å². The fourth-order valence-corrected chi connectivity index (χ4v) is 8.61. The number of allylic oxidation sites excluding steroid dienone is 2. The predicted octanol–water partition coefficient (Wildman–Crippen LogP) is 5.30. The third-order valence-electron chi connectivity index (χ3n) is 10.6. The highest BCUT2D eigenvalue weighted by Crippen LogP contribution is 2.66. The molecule has 4 aliphatic carbocycles. The second-order valence-electron chi connectivity index (χ2n) is 12.6. The Bertz CT molecular complexity index is 1160. The maximum Gasteiger partial charge on any atom is 0.260 e. The van der Waals surface area contributed by atoms with Crippen LogP contribution in [0.25, 0.3) is 0 Å². The predicted molar refractivity (Wildman–Crippen MR) is 146 cm³/mol. The summed E-state index contributed by atoms with van der Waals surface area (Å²) in [4.78, 5) is 30.0. The van der Waals surface area contributed by atoms with Crippen molar-refractivity contribution in [3.63, 3.8) is 0 Å². The molecule has 0 bridgehead atoms. The second-order valence-corrected chi connectivity index (χ2v) is 12.6. The van der Waals surface area contributed by atoms with Gasteiger partial charge in [0.2, 0.25) is 0 Å². The number of benzene rings is 1. The van der Waals surface area contributed by atoms with E-state index in [4.69, 9.17) is 4.84 Å². The van der Waals surface area contributed by atoms with Crippen molar-refractivity contribution in [1.29, 1.82) is 0 Å². The first-order valence-electron chi connectivity index (χ1n) is 14.3. The summed E-state index contributed by atoms with van der Waals surface area (Å²) >= 11 is 0. The Labute approximate surface area is 225 Å². The fraction of sp³-hybridized carbons (Fsp3) is 0.645. The molecule has 0 saturated heterocycles. The molecule has 7 nitrogen and oxygen atoms in total. The van der Waals surface area contributed by atoms with E-state index in [1.54, 1.807) is 13.0 Å². The van der Waals surface area contributed by atoms with Crippen LogP contribution >= 0.6 is 0 Å². The maximum absolute atomic E-state index is 12.4. The first-order valence-corrected chi connectivity index (χ1v) is 14.3. The minimum atomic E-state index is -0.239. The molecule has 5 rings (SSSR count). The molecule has 206 valence electrons. The lowest BCUT2D eigenvalue weighted by atomic mass is 9.46. The molecule has 0 aliphatic heterocycles. The molecule has 4 aliphatic rings. The van der Waals surface area contributed by atoms with Gasteiger partial charge in [0.05, 0.1) is 5.71 Å². The van der Waals surface area contributed by atoms with Gasteiger partial charge in [-0.3, -0.25) is 9.59 Å². The van der Waals surface area contributed by atoms with Crippen molar-refractivity contribution in [3.05, 3.63) is 35.4 Å². The summed E-state index contributed by atoms with van der Waals surface area (Å²) in [5.74, 6) is 2.14. The highest BCUT2D eigenvalue weighted by molar-refractivity contribution is 5.96. The quantitative estimate of drug-likeness (QED) is 0.333. The van der Waals surface area contributed by atoms with Gasteiger partial charge in [0.25, 0.3) is 5.91 Å². The third kappa shape index (κ3) is 4.85. The van der Waals surface area contributed by atoms with Crippen LogP contribution in [-0.2, 0) is 20.8 Å². The van der Waals surface area contributed by atoms with Crippen LogP contribution in [0.4, 0.5) is 0 Å². The summed E-state index contributed by atoms with van der Waals surface area (Å²) in [6, 6.07) is 4.64. The van der Waals surface area contributed by atoms with Gasteiger partial charge < -0.3 is 20.4 Å². The van der Waals surface area contributed by atoms with Crippen LogP contribution in [0.3, 0.4) is 0 Å². The molecule has 1 aromatic rings. The lowest BCUT2D eigenvalue weighted by Gasteiger charge is -2.58. The van der Waals surface area contributed by atoms with Gasteiger partial charge in [-0.1, -0.05) is 30.6 Å². The molecule has 7 heteroatoms. The number of amides is 1. The fourth-order valence-electron chi connectivity index (χ4n) is 8.61. The summed E-state index contributed by atoms with van der Waals surface area (Å²) in [6.45, 7) is 6.92. The Balaban J connectivity index is 1.14. The number of oxime groups is 1. The maximum atomic E-state index is 12.4. The number of rotatable bonds is 7. The number of hydrogen-bond acceptors (Lipinski definition) is 6. The van der Waals surface area contributed by atoms with Gasteiger partial charge >= 0.3 is 0 Å². The lowest BCUT2D eigenvalue weighted by Crippen LogP contribution is -2.51. The number of hydrogen-bond donors (Lipinski definition) is 3. The van der Waals surface area contributed by atoms with Crippen molar-refractivity contribution >= 4 is 17.4 Å². The number of nitrogens with zero attached hydrogens (tertiary/aromatic N) is 1. The molecule has 0 unspecified atom stereocenters. The van der Waals surface area contributed by atoms with Crippen molar-refractivity contribution in [1.82, 2.24) is 5.32 Å². The van der Waals surface area contributed by atoms with Crippen molar-refractivity contribution in [2.75, 3.05) is 13.2 Å². The van der Waals surface area contributed by atoms with Gasteiger partial charge in [0.15, 0.2) is 18.1 Å². The zero-order chi connectivity index (χ0) is 27.1. The SMILES string of the molecule is CC(=O)[C@@H]1CC[C@@H]2[C@@H]3CCC4=C/C(=N/OCC(=O)NCCc5ccc(O)c(O)c5)CC[C@]4(C)[C@@H]3CC[C@@]21C. The number of ketones is 1. The van der Waals surface area contributed by atoms with Crippen LogP contribution in [0, 0.1) is 34.5 Å². The minimum Gasteiger partial charge on any atom is -0.504 e. The molecule has 3 saturated carbocycles. The molecule has 0 heterocycles. The summed E-state index contributed by atoms with van der Waals surface area (Å²) in [5.41, 5.74) is 3.60. The Morgan fingerprint density at radius 1 is 1.05 bits per heavy atom. The van der Waals surface area contributed by atoms with Crippen LogP contribution in [0.15, 0.2) is 35.0 Å². The average molecular weight is 523 g/mol. The average Bonchev–Trinajstić information content (AvgIpc) is 3.24. The number of phenols is 2. The van der Waals surface area contributed by atoms with E-state index in [-0.39, 0.29) is 40.8 Å². The first kappa shape index (κ1) is 26.8. The standard InChI is InChI=1S/C31H42N2O5/c1-19(34)24-7-8-25-23-6-5-21-17-22(10-13-30(21,2)26(23)11-14-31(24,25)3)33-38-18-29(37)32-15-12-20-4-9-27(35)28(36)16-20/h4,9,16-17,23-26,35-36H,5-8,10-15,18H2,1-3H3,(H,32,37)/b33-22+/t23-,24-,25+,26+,30-,31+/m0/s1. The van der Waals surface area contributed by atoms with E-state index >= 15 is 0 Å². The number of nitrogens with one attached hydrogen (secondary N) is 1. The Morgan fingerprint density at radius 2 is 1.87 bits per heavy atom. The normalized spacial score (nSPS) is 35.0. The number of carbonyl (C=O) groups excluding carboxylic acids is 2. The van der Waals surface area contributed by atoms with E-state index in [2.05, 4.69) is 30.4 Å². The van der Waals surface area contributed by atoms with E-state index < -0.39 is 0 Å². The monoisotopic (exact) mass is 522 g/mol. The van der Waals surface area contributed by atoms with E-state index in [1.165, 1.54) is 43.4 Å². The molecule has 3 N–H and O–H groups in total. The van der Waals surface area contributed by atoms with Crippen LogP contribution < -0.4 is 5.32 Å². The lowest BCUT2D eigenvalue weighted by molar-refractivity contribution is -0.128. The van der Waals surface area contributed by atoms with Crippen molar-refractivity contribution < 1.29 is 24.6 Å². The van der Waals surface area contributed by atoms with Crippen molar-refractivity contribution in [2.24, 2.45) is 39.7 Å². The van der Waals surface area contributed by atoms with Crippen LogP contribution in [0.2, 0.25) is 0 Å². The molecule has 0 aromatic heterocycles. The van der Waals surface area contributed by atoms with Gasteiger partial charge in [-0.05, 0) is 117 Å². The largest absolute Gasteiger partial charge is 0.504 e. The molecular formula is C31H42N2O5. The van der Waals surface area contributed by atoms with Crippen molar-refractivity contribution in [3.8, 4) is 11.5 Å². The molecule has 1 aromatic carbocycles. The number of aromatic hydroxyl groups is 2.